The number of hydrogen-bond donors (Lipinski definition) is 0. The van der Waals surface area contributed by atoms with Gasteiger partial charge in [0.05, 0.1) is 11.9 Å². The van der Waals surface area contributed by atoms with Crippen LogP contribution < -0.4 is 5.56 Å². The lowest BCUT2D eigenvalue weighted by molar-refractivity contribution is 0.476. The van der Waals surface area contributed by atoms with Gasteiger partial charge in [0.15, 0.2) is 0 Å². The van der Waals surface area contributed by atoms with Crippen LogP contribution in [0.2, 0.25) is 0 Å². The summed E-state index contributed by atoms with van der Waals surface area (Å²) in [6.07, 6.45) is 15.9. The molecule has 5 rings (SSSR count). The molecule has 5 heteroatoms. The molecule has 2 saturated carbocycles. The summed E-state index contributed by atoms with van der Waals surface area (Å²) < 4.78 is 1.62. The third kappa shape index (κ3) is 4.29. The molecule has 0 aliphatic heterocycles. The van der Waals surface area contributed by atoms with E-state index in [-0.39, 0.29) is 5.56 Å². The third-order valence-electron chi connectivity index (χ3n) is 6.30. The Labute approximate surface area is 170 Å². The number of nitrogens with zero attached hydrogens (tertiary/aromatic N) is 4. The maximum Gasteiger partial charge on any atom is 0.255 e. The molecule has 3 aromatic heterocycles. The van der Waals surface area contributed by atoms with E-state index < -0.39 is 0 Å². The molecule has 2 aliphatic carbocycles. The molecule has 2 aliphatic rings. The summed E-state index contributed by atoms with van der Waals surface area (Å²) >= 11 is 0. The lowest BCUT2D eigenvalue weighted by Crippen LogP contribution is -2.15. The van der Waals surface area contributed by atoms with Crippen molar-refractivity contribution in [1.29, 1.82) is 0 Å². The fraction of sp³-hybridized carbons (Fsp3) is 0.417. The molecule has 0 N–H and O–H groups in total. The molecule has 3 aromatic rings. The predicted octanol–water partition coefficient (Wildman–Crippen LogP) is 4.10. The molecule has 0 saturated heterocycles. The first-order valence-corrected chi connectivity index (χ1v) is 10.7. The minimum Gasteiger partial charge on any atom is -0.283 e. The molecular weight excluding hydrogens is 360 g/mol. The summed E-state index contributed by atoms with van der Waals surface area (Å²) in [6, 6.07) is 9.23. The first-order valence-electron chi connectivity index (χ1n) is 10.7. The van der Waals surface area contributed by atoms with Crippen LogP contribution in [0.3, 0.4) is 0 Å². The monoisotopic (exact) mass is 386 g/mol. The van der Waals surface area contributed by atoms with Crippen molar-refractivity contribution < 1.29 is 0 Å². The van der Waals surface area contributed by atoms with E-state index in [0.717, 1.165) is 36.0 Å². The zero-order valence-corrected chi connectivity index (χ0v) is 16.6. The Hall–Kier alpha value is -2.82. The highest BCUT2D eigenvalue weighted by Crippen LogP contribution is 2.39. The van der Waals surface area contributed by atoms with Gasteiger partial charge in [-0.2, -0.15) is 0 Å². The van der Waals surface area contributed by atoms with Gasteiger partial charge in [-0.25, -0.2) is 9.97 Å². The van der Waals surface area contributed by atoms with Crippen LogP contribution in [-0.4, -0.2) is 19.5 Å². The Balaban J connectivity index is 1.16. The molecule has 2 atom stereocenters. The summed E-state index contributed by atoms with van der Waals surface area (Å²) in [7, 11) is 0. The topological polar surface area (TPSA) is 60.7 Å². The van der Waals surface area contributed by atoms with Crippen LogP contribution in [-0.2, 0) is 12.8 Å². The third-order valence-corrected chi connectivity index (χ3v) is 6.30. The number of aromatic nitrogens is 4. The highest BCUT2D eigenvalue weighted by molar-refractivity contribution is 5.30. The van der Waals surface area contributed by atoms with Crippen molar-refractivity contribution >= 4 is 0 Å². The summed E-state index contributed by atoms with van der Waals surface area (Å²) in [5.41, 5.74) is 3.20. The average Bonchev–Trinajstić information content (AvgIpc) is 3.51. The van der Waals surface area contributed by atoms with Crippen LogP contribution >= 0.6 is 0 Å². The van der Waals surface area contributed by atoms with E-state index in [1.165, 1.54) is 37.7 Å². The minimum absolute atomic E-state index is 0.0342. The molecule has 0 amide bonds. The van der Waals surface area contributed by atoms with Crippen molar-refractivity contribution in [2.75, 3.05) is 0 Å². The lowest BCUT2D eigenvalue weighted by Gasteiger charge is -2.11. The molecule has 0 aromatic carbocycles. The van der Waals surface area contributed by atoms with E-state index in [4.69, 9.17) is 0 Å². The Morgan fingerprint density at radius 3 is 2.34 bits per heavy atom. The summed E-state index contributed by atoms with van der Waals surface area (Å²) in [6.45, 7) is 0. The van der Waals surface area contributed by atoms with Gasteiger partial charge in [0.25, 0.3) is 5.56 Å². The molecule has 2 fully saturated rings. The number of rotatable bonds is 6. The fourth-order valence-corrected chi connectivity index (χ4v) is 4.52. The largest absolute Gasteiger partial charge is 0.283 e. The van der Waals surface area contributed by atoms with Crippen molar-refractivity contribution in [2.45, 2.75) is 50.9 Å². The summed E-state index contributed by atoms with van der Waals surface area (Å²) in [5.74, 6) is 3.06. The lowest BCUT2D eigenvalue weighted by atomic mass is 9.97. The molecule has 0 spiro atoms. The van der Waals surface area contributed by atoms with Crippen molar-refractivity contribution in [1.82, 2.24) is 19.5 Å². The Morgan fingerprint density at radius 2 is 1.66 bits per heavy atom. The maximum atomic E-state index is 11.9. The second-order valence-electron chi connectivity index (χ2n) is 8.58. The zero-order valence-electron chi connectivity index (χ0n) is 16.6. The normalized spacial score (nSPS) is 21.4. The van der Waals surface area contributed by atoms with Gasteiger partial charge >= 0.3 is 0 Å². The van der Waals surface area contributed by atoms with Crippen LogP contribution in [0.15, 0.2) is 59.9 Å². The van der Waals surface area contributed by atoms with Gasteiger partial charge in [0, 0.05) is 36.8 Å². The Bertz CT molecular complexity index is 1020. The molecule has 0 radical (unpaired) electrons. The van der Waals surface area contributed by atoms with Gasteiger partial charge in [0.1, 0.15) is 5.82 Å². The smallest absolute Gasteiger partial charge is 0.255 e. The van der Waals surface area contributed by atoms with E-state index >= 15 is 0 Å². The van der Waals surface area contributed by atoms with Gasteiger partial charge in [-0.05, 0) is 80.0 Å². The van der Waals surface area contributed by atoms with Gasteiger partial charge in [-0.1, -0.05) is 6.07 Å². The SMILES string of the molecule is O=c1ccccn1-c1ccc(C[C@H]2CC[C@H](Cc3ncc(C4CC4)cn3)C2)nc1. The molecule has 29 heavy (non-hydrogen) atoms. The zero-order chi connectivity index (χ0) is 19.6. The molecule has 0 bridgehead atoms. The van der Waals surface area contributed by atoms with E-state index in [0.29, 0.717) is 11.8 Å². The first-order chi connectivity index (χ1) is 14.2. The first kappa shape index (κ1) is 18.2. The van der Waals surface area contributed by atoms with Crippen LogP contribution in [0.5, 0.6) is 0 Å². The highest BCUT2D eigenvalue weighted by atomic mass is 16.1. The van der Waals surface area contributed by atoms with E-state index in [9.17, 15) is 4.79 Å². The van der Waals surface area contributed by atoms with E-state index in [2.05, 4.69) is 21.0 Å². The van der Waals surface area contributed by atoms with Gasteiger partial charge in [0.2, 0.25) is 0 Å². The van der Waals surface area contributed by atoms with E-state index in [1.54, 1.807) is 29.1 Å². The molecule has 0 unspecified atom stereocenters. The number of pyridine rings is 2. The Kier molecular flexibility index (Phi) is 4.96. The molecule has 5 nitrogen and oxygen atoms in total. The second kappa shape index (κ2) is 7.90. The predicted molar refractivity (Wildman–Crippen MR) is 112 cm³/mol. The van der Waals surface area contributed by atoms with Crippen molar-refractivity contribution in [2.24, 2.45) is 11.8 Å². The molecule has 148 valence electrons. The Morgan fingerprint density at radius 1 is 0.862 bits per heavy atom. The highest BCUT2D eigenvalue weighted by Gasteiger charge is 2.27. The van der Waals surface area contributed by atoms with Gasteiger partial charge in [-0.15, -0.1) is 0 Å². The average molecular weight is 386 g/mol. The van der Waals surface area contributed by atoms with Crippen molar-refractivity contribution in [3.05, 3.63) is 82.6 Å². The molecule has 3 heterocycles. The van der Waals surface area contributed by atoms with Crippen molar-refractivity contribution in [3.8, 4) is 5.69 Å². The van der Waals surface area contributed by atoms with E-state index in [1.807, 2.05) is 24.5 Å². The standard InChI is InChI=1S/C24H26N4O/c29-24-3-1-2-10-28(24)22-9-8-21(25-16-22)12-17-4-5-18(11-17)13-23-26-14-20(15-27-23)19-6-7-19/h1-3,8-10,14-19H,4-7,11-13H2/t17-,18-/m0/s1. The van der Waals surface area contributed by atoms with Gasteiger partial charge < -0.3 is 0 Å². The summed E-state index contributed by atoms with van der Waals surface area (Å²) in [4.78, 5) is 25.8. The van der Waals surface area contributed by atoms with Gasteiger partial charge in [-0.3, -0.25) is 14.3 Å². The van der Waals surface area contributed by atoms with Crippen molar-refractivity contribution in [3.63, 3.8) is 0 Å². The second-order valence-corrected chi connectivity index (χ2v) is 8.58. The van der Waals surface area contributed by atoms with Crippen LogP contribution in [0.4, 0.5) is 0 Å². The summed E-state index contributed by atoms with van der Waals surface area (Å²) in [5, 5.41) is 0. The van der Waals surface area contributed by atoms with Crippen LogP contribution in [0.1, 0.15) is 55.1 Å². The van der Waals surface area contributed by atoms with Crippen LogP contribution in [0, 0.1) is 11.8 Å². The molecular formula is C24H26N4O. The fourth-order valence-electron chi connectivity index (χ4n) is 4.52. The maximum absolute atomic E-state index is 11.9. The van der Waals surface area contributed by atoms with Crippen LogP contribution in [0.25, 0.3) is 5.69 Å². The number of hydrogen-bond acceptors (Lipinski definition) is 4. The quantitative estimate of drug-likeness (QED) is 0.640. The minimum atomic E-state index is -0.0342.